The van der Waals surface area contributed by atoms with Crippen LogP contribution in [-0.2, 0) is 0 Å². The van der Waals surface area contributed by atoms with Gasteiger partial charge in [0.1, 0.15) is 0 Å². The largest absolute Gasteiger partial charge is 0.404 e. The van der Waals surface area contributed by atoms with Crippen LogP contribution in [-0.4, -0.2) is 11.2 Å². The second-order valence-electron chi connectivity index (χ2n) is 8.12. The van der Waals surface area contributed by atoms with Gasteiger partial charge < -0.3 is 11.1 Å². The number of rotatable bonds is 12. The number of aromatic nitrogens is 1. The molecule has 0 amide bonds. The molecule has 3 heteroatoms. The molecule has 0 unspecified atom stereocenters. The molecule has 0 bridgehead atoms. The smallest absolute Gasteiger partial charge is 0.0346 e. The molecule has 1 heterocycles. The van der Waals surface area contributed by atoms with E-state index in [2.05, 4.69) is 62.0 Å². The third-order valence-electron chi connectivity index (χ3n) is 5.64. The summed E-state index contributed by atoms with van der Waals surface area (Å²) < 4.78 is 0. The van der Waals surface area contributed by atoms with E-state index >= 15 is 0 Å². The van der Waals surface area contributed by atoms with E-state index in [0.717, 1.165) is 56.5 Å². The Kier molecular flexibility index (Phi) is 11.3. The van der Waals surface area contributed by atoms with Crippen LogP contribution < -0.4 is 5.73 Å². The minimum atomic E-state index is 0.764. The molecule has 2 aromatic rings. The number of aryl methyl sites for hydroxylation is 1. The van der Waals surface area contributed by atoms with Crippen molar-refractivity contribution in [1.29, 1.82) is 5.41 Å². The predicted octanol–water partition coefficient (Wildman–Crippen LogP) is 8.18. The first kappa shape index (κ1) is 27.7. The zero-order valence-electron chi connectivity index (χ0n) is 21.2. The van der Waals surface area contributed by atoms with Crippen molar-refractivity contribution >= 4 is 23.4 Å². The van der Waals surface area contributed by atoms with Gasteiger partial charge in [0, 0.05) is 30.4 Å². The van der Waals surface area contributed by atoms with Gasteiger partial charge in [0.25, 0.3) is 0 Å². The first-order valence-corrected chi connectivity index (χ1v) is 11.8. The fraction of sp³-hybridized carbons (Fsp3) is 0.0909. The van der Waals surface area contributed by atoms with Gasteiger partial charge in [-0.2, -0.15) is 0 Å². The Hall–Kier alpha value is -4.50. The Bertz CT molecular complexity index is 1280. The van der Waals surface area contributed by atoms with E-state index in [0.29, 0.717) is 0 Å². The van der Waals surface area contributed by atoms with Gasteiger partial charge in [-0.05, 0) is 77.0 Å². The van der Waals surface area contributed by atoms with Crippen LogP contribution in [0.3, 0.4) is 0 Å². The van der Waals surface area contributed by atoms with E-state index in [1.54, 1.807) is 24.7 Å². The summed E-state index contributed by atoms with van der Waals surface area (Å²) in [6.07, 6.45) is 25.0. The highest BCUT2D eigenvalue weighted by Gasteiger charge is 2.02. The van der Waals surface area contributed by atoms with Crippen molar-refractivity contribution < 1.29 is 0 Å². The monoisotopic (exact) mass is 473 g/mol. The highest BCUT2D eigenvalue weighted by Crippen LogP contribution is 2.21. The molecule has 0 saturated carbocycles. The molecule has 0 aliphatic carbocycles. The normalized spacial score (nSPS) is 13.0. The Morgan fingerprint density at radius 1 is 1.03 bits per heavy atom. The van der Waals surface area contributed by atoms with Gasteiger partial charge in [0.05, 0.1) is 0 Å². The second kappa shape index (κ2) is 14.7. The summed E-state index contributed by atoms with van der Waals surface area (Å²) in [7, 11) is 0. The molecule has 1 aromatic heterocycles. The number of pyridine rings is 1. The standard InChI is InChI=1S/C33H35N3/c1-6-10-31(22-34)30-19-16-27(5)29(21-30)18-15-26(4)25(3)14-17-28(7-2)11-8-12-32(23-35)33-13-9-20-36-24-33/h6-10,12-24,34H,1,3-4,11,35H2,2,5H3/b12-8-,17-14-,18-15-,28-7-,31-10+,32-23+,34-22?. The van der Waals surface area contributed by atoms with E-state index in [1.807, 2.05) is 55.5 Å². The highest BCUT2D eigenvalue weighted by molar-refractivity contribution is 6.08. The number of benzene rings is 1. The van der Waals surface area contributed by atoms with Crippen LogP contribution in [0.4, 0.5) is 0 Å². The van der Waals surface area contributed by atoms with Gasteiger partial charge in [-0.1, -0.05) is 92.6 Å². The number of nitrogens with one attached hydrogen (secondary N) is 1. The quantitative estimate of drug-likeness (QED) is 0.241. The number of hydrogen-bond donors (Lipinski definition) is 2. The van der Waals surface area contributed by atoms with Crippen LogP contribution in [0.1, 0.15) is 35.6 Å². The number of hydrogen-bond acceptors (Lipinski definition) is 3. The maximum Gasteiger partial charge on any atom is 0.0346 e. The summed E-state index contributed by atoms with van der Waals surface area (Å²) in [6.45, 7) is 16.2. The lowest BCUT2D eigenvalue weighted by atomic mass is 9.98. The number of nitrogens with zero attached hydrogens (tertiary/aromatic N) is 1. The zero-order chi connectivity index (χ0) is 26.3. The molecule has 3 nitrogen and oxygen atoms in total. The molecule has 0 aliphatic heterocycles. The average molecular weight is 474 g/mol. The van der Waals surface area contributed by atoms with Crippen LogP contribution in [0.15, 0.2) is 134 Å². The molecule has 182 valence electrons. The van der Waals surface area contributed by atoms with Gasteiger partial charge in [-0.25, -0.2) is 0 Å². The Balaban J connectivity index is 2.05. The summed E-state index contributed by atoms with van der Waals surface area (Å²) in [5.74, 6) is 0. The van der Waals surface area contributed by atoms with Gasteiger partial charge >= 0.3 is 0 Å². The first-order valence-electron chi connectivity index (χ1n) is 11.8. The molecule has 0 fully saturated rings. The van der Waals surface area contributed by atoms with Crippen molar-refractivity contribution in [2.75, 3.05) is 0 Å². The van der Waals surface area contributed by atoms with Gasteiger partial charge in [-0.3, -0.25) is 4.98 Å². The highest BCUT2D eigenvalue weighted by atomic mass is 14.6. The van der Waals surface area contributed by atoms with Crippen molar-refractivity contribution in [2.24, 2.45) is 5.73 Å². The van der Waals surface area contributed by atoms with Crippen LogP contribution in [0.5, 0.6) is 0 Å². The van der Waals surface area contributed by atoms with Gasteiger partial charge in [-0.15, -0.1) is 0 Å². The topological polar surface area (TPSA) is 62.8 Å². The Morgan fingerprint density at radius 3 is 2.44 bits per heavy atom. The van der Waals surface area contributed by atoms with Crippen LogP contribution >= 0.6 is 0 Å². The van der Waals surface area contributed by atoms with Crippen LogP contribution in [0.2, 0.25) is 0 Å². The Labute approximate surface area is 216 Å². The molecule has 3 N–H and O–H groups in total. The molecule has 0 atom stereocenters. The molecule has 0 aliphatic rings. The van der Waals surface area contributed by atoms with Crippen molar-refractivity contribution in [1.82, 2.24) is 4.98 Å². The average Bonchev–Trinajstić information content (AvgIpc) is 2.91. The third-order valence-corrected chi connectivity index (χ3v) is 5.64. The maximum absolute atomic E-state index is 7.65. The molecule has 1 aromatic carbocycles. The lowest BCUT2D eigenvalue weighted by molar-refractivity contribution is 1.26. The van der Waals surface area contributed by atoms with Crippen molar-refractivity contribution in [3.63, 3.8) is 0 Å². The number of nitrogens with two attached hydrogens (primary N) is 1. The van der Waals surface area contributed by atoms with Crippen LogP contribution in [0, 0.1) is 12.3 Å². The van der Waals surface area contributed by atoms with Gasteiger partial charge in [0.15, 0.2) is 0 Å². The second-order valence-corrected chi connectivity index (χ2v) is 8.12. The van der Waals surface area contributed by atoms with E-state index in [1.165, 1.54) is 6.21 Å². The fourth-order valence-electron chi connectivity index (χ4n) is 3.35. The molecular formula is C33H35N3. The van der Waals surface area contributed by atoms with E-state index in [4.69, 9.17) is 11.1 Å². The summed E-state index contributed by atoms with van der Waals surface area (Å²) >= 11 is 0. The summed E-state index contributed by atoms with van der Waals surface area (Å²) in [4.78, 5) is 4.15. The summed E-state index contributed by atoms with van der Waals surface area (Å²) in [6, 6.07) is 10.0. The first-order chi connectivity index (χ1) is 17.4. The van der Waals surface area contributed by atoms with Crippen molar-refractivity contribution in [3.8, 4) is 0 Å². The lowest BCUT2D eigenvalue weighted by Crippen LogP contribution is -1.89. The predicted molar refractivity (Wildman–Crippen MR) is 159 cm³/mol. The van der Waals surface area contributed by atoms with Crippen molar-refractivity contribution in [2.45, 2.75) is 20.3 Å². The number of allylic oxidation sites excluding steroid dienone is 13. The van der Waals surface area contributed by atoms with Crippen LogP contribution in [0.25, 0.3) is 17.2 Å². The third kappa shape index (κ3) is 8.37. The van der Waals surface area contributed by atoms with Gasteiger partial charge in [0.2, 0.25) is 0 Å². The SMILES string of the molecule is C=C/C=C(\C=N)c1ccc(C)c(/C=C\C(=C)C(=C)/C=C\C(=C/C)C/C=C\C(=C/N)c2cccnc2)c1. The Morgan fingerprint density at radius 2 is 1.81 bits per heavy atom. The van der Waals surface area contributed by atoms with E-state index in [-0.39, 0.29) is 0 Å². The lowest BCUT2D eigenvalue weighted by Gasteiger charge is -2.07. The summed E-state index contributed by atoms with van der Waals surface area (Å²) in [5, 5.41) is 7.65. The molecule has 0 radical (unpaired) electrons. The molecule has 0 saturated heterocycles. The van der Waals surface area contributed by atoms with E-state index < -0.39 is 0 Å². The molecular weight excluding hydrogens is 438 g/mol. The fourth-order valence-corrected chi connectivity index (χ4v) is 3.35. The zero-order valence-corrected chi connectivity index (χ0v) is 21.2. The molecule has 0 spiro atoms. The maximum atomic E-state index is 7.65. The summed E-state index contributed by atoms with van der Waals surface area (Å²) in [5.41, 5.74) is 14.5. The van der Waals surface area contributed by atoms with E-state index in [9.17, 15) is 0 Å². The minimum Gasteiger partial charge on any atom is -0.404 e. The minimum absolute atomic E-state index is 0.764. The molecule has 2 rings (SSSR count). The molecule has 36 heavy (non-hydrogen) atoms. The van der Waals surface area contributed by atoms with Crippen molar-refractivity contribution in [3.05, 3.63) is 156 Å².